The van der Waals surface area contributed by atoms with Gasteiger partial charge in [0.15, 0.2) is 0 Å². The number of hydrogen-bond acceptors (Lipinski definition) is 4. The van der Waals surface area contributed by atoms with Crippen molar-refractivity contribution >= 4 is 5.91 Å². The van der Waals surface area contributed by atoms with Crippen LogP contribution in [0.15, 0.2) is 0 Å². The van der Waals surface area contributed by atoms with Crippen molar-refractivity contribution in [2.24, 2.45) is 35.3 Å². The largest absolute Gasteiger partial charge is 0.396 e. The number of nitrogens with two attached hydrogens (primary N) is 1. The molecule has 5 heteroatoms. The first-order valence-electron chi connectivity index (χ1n) is 10.4. The van der Waals surface area contributed by atoms with Crippen molar-refractivity contribution in [1.29, 1.82) is 0 Å². The highest BCUT2D eigenvalue weighted by Gasteiger charge is 2.37. The van der Waals surface area contributed by atoms with E-state index in [9.17, 15) is 15.0 Å². The van der Waals surface area contributed by atoms with Gasteiger partial charge in [-0.2, -0.15) is 0 Å². The van der Waals surface area contributed by atoms with Crippen LogP contribution in [0.1, 0.15) is 57.8 Å². The first kappa shape index (κ1) is 19.1. The maximum absolute atomic E-state index is 12.8. The Bertz CT molecular complexity index is 437. The second-order valence-electron chi connectivity index (χ2n) is 8.71. The molecule has 144 valence electrons. The van der Waals surface area contributed by atoms with Crippen LogP contribution in [-0.4, -0.2) is 53.4 Å². The summed E-state index contributed by atoms with van der Waals surface area (Å²) in [5.41, 5.74) is 5.88. The molecule has 0 aromatic heterocycles. The topological polar surface area (TPSA) is 86.8 Å². The summed E-state index contributed by atoms with van der Waals surface area (Å²) in [4.78, 5) is 14.8. The molecule has 25 heavy (non-hydrogen) atoms. The number of carbonyl (C=O) groups is 1. The van der Waals surface area contributed by atoms with E-state index in [1.807, 2.05) is 4.90 Å². The van der Waals surface area contributed by atoms with Gasteiger partial charge in [0.2, 0.25) is 5.91 Å². The van der Waals surface area contributed by atoms with E-state index in [4.69, 9.17) is 5.73 Å². The van der Waals surface area contributed by atoms with E-state index < -0.39 is 6.10 Å². The molecule has 0 aromatic rings. The van der Waals surface area contributed by atoms with Crippen LogP contribution in [0.2, 0.25) is 0 Å². The minimum Gasteiger partial charge on any atom is -0.396 e. The van der Waals surface area contributed by atoms with E-state index in [0.717, 1.165) is 57.2 Å². The highest BCUT2D eigenvalue weighted by molar-refractivity contribution is 5.79. The van der Waals surface area contributed by atoms with Crippen molar-refractivity contribution in [3.05, 3.63) is 0 Å². The number of nitrogens with zero attached hydrogens (tertiary/aromatic N) is 1. The predicted molar refractivity (Wildman–Crippen MR) is 97.7 cm³/mol. The summed E-state index contributed by atoms with van der Waals surface area (Å²) in [6, 6.07) is 0. The first-order valence-corrected chi connectivity index (χ1v) is 10.4. The van der Waals surface area contributed by atoms with Gasteiger partial charge in [-0.1, -0.05) is 12.8 Å². The van der Waals surface area contributed by atoms with Gasteiger partial charge >= 0.3 is 0 Å². The molecule has 3 aliphatic rings. The predicted octanol–water partition coefficient (Wildman–Crippen LogP) is 1.76. The molecule has 0 aromatic carbocycles. The van der Waals surface area contributed by atoms with E-state index in [1.165, 1.54) is 25.7 Å². The van der Waals surface area contributed by atoms with Gasteiger partial charge < -0.3 is 20.8 Å². The standard InChI is InChI=1S/C20H36N2O3/c21-12-14-2-1-3-16(10-14)15-6-8-22(9-7-15)20(25)17-4-5-18(13-23)19(24)11-17/h14-19,23-24H,1-13,21H2. The Balaban J connectivity index is 1.46. The Kier molecular flexibility index (Phi) is 6.75. The van der Waals surface area contributed by atoms with Crippen molar-refractivity contribution in [3.63, 3.8) is 0 Å². The molecule has 5 unspecified atom stereocenters. The molecule has 3 rings (SSSR count). The van der Waals surface area contributed by atoms with Crippen LogP contribution in [0.5, 0.6) is 0 Å². The second kappa shape index (κ2) is 8.83. The molecule has 3 fully saturated rings. The summed E-state index contributed by atoms with van der Waals surface area (Å²) in [6.07, 6.45) is 9.05. The Hall–Kier alpha value is -0.650. The summed E-state index contributed by atoms with van der Waals surface area (Å²) < 4.78 is 0. The number of carbonyl (C=O) groups excluding carboxylic acids is 1. The molecule has 2 aliphatic carbocycles. The lowest BCUT2D eigenvalue weighted by molar-refractivity contribution is -0.141. The van der Waals surface area contributed by atoms with Gasteiger partial charge in [0.1, 0.15) is 0 Å². The molecular formula is C20H36N2O3. The lowest BCUT2D eigenvalue weighted by Crippen LogP contribution is -2.46. The van der Waals surface area contributed by atoms with Crippen LogP contribution < -0.4 is 5.73 Å². The highest BCUT2D eigenvalue weighted by atomic mass is 16.3. The monoisotopic (exact) mass is 352 g/mol. The number of likely N-dealkylation sites (tertiary alicyclic amines) is 1. The van der Waals surface area contributed by atoms with Crippen LogP contribution in [0.4, 0.5) is 0 Å². The third kappa shape index (κ3) is 4.55. The van der Waals surface area contributed by atoms with E-state index in [-0.39, 0.29) is 24.3 Å². The van der Waals surface area contributed by atoms with Gasteiger partial charge in [-0.25, -0.2) is 0 Å². The van der Waals surface area contributed by atoms with Crippen LogP contribution in [0.3, 0.4) is 0 Å². The fraction of sp³-hybridized carbons (Fsp3) is 0.950. The first-order chi connectivity index (χ1) is 12.1. The van der Waals surface area contributed by atoms with Crippen molar-refractivity contribution in [2.75, 3.05) is 26.2 Å². The molecule has 1 amide bonds. The molecule has 2 saturated carbocycles. The summed E-state index contributed by atoms with van der Waals surface area (Å²) >= 11 is 0. The van der Waals surface area contributed by atoms with E-state index in [0.29, 0.717) is 12.3 Å². The Morgan fingerprint density at radius 3 is 2.40 bits per heavy atom. The molecule has 5 atom stereocenters. The van der Waals surface area contributed by atoms with Crippen LogP contribution in [0, 0.1) is 29.6 Å². The Morgan fingerprint density at radius 2 is 1.76 bits per heavy atom. The number of hydrogen-bond donors (Lipinski definition) is 3. The smallest absolute Gasteiger partial charge is 0.225 e. The van der Waals surface area contributed by atoms with Crippen LogP contribution in [-0.2, 0) is 4.79 Å². The third-order valence-electron chi connectivity index (χ3n) is 7.21. The van der Waals surface area contributed by atoms with Gasteiger partial charge in [-0.15, -0.1) is 0 Å². The van der Waals surface area contributed by atoms with E-state index in [2.05, 4.69) is 0 Å². The maximum Gasteiger partial charge on any atom is 0.225 e. The maximum atomic E-state index is 12.8. The molecule has 1 aliphatic heterocycles. The fourth-order valence-electron chi connectivity index (χ4n) is 5.47. The third-order valence-corrected chi connectivity index (χ3v) is 7.21. The number of aliphatic hydroxyl groups excluding tert-OH is 2. The van der Waals surface area contributed by atoms with Gasteiger partial charge in [-0.3, -0.25) is 4.79 Å². The average Bonchev–Trinajstić information content (AvgIpc) is 2.67. The summed E-state index contributed by atoms with van der Waals surface area (Å²) in [6.45, 7) is 2.61. The lowest BCUT2D eigenvalue weighted by Gasteiger charge is -2.41. The minimum absolute atomic E-state index is 0.0264. The molecule has 1 heterocycles. The summed E-state index contributed by atoms with van der Waals surface area (Å²) in [5, 5.41) is 19.4. The van der Waals surface area contributed by atoms with E-state index in [1.54, 1.807) is 0 Å². The van der Waals surface area contributed by atoms with Crippen LogP contribution in [0.25, 0.3) is 0 Å². The zero-order chi connectivity index (χ0) is 17.8. The van der Waals surface area contributed by atoms with Gasteiger partial charge in [0.25, 0.3) is 0 Å². The normalized spacial score (nSPS) is 37.9. The van der Waals surface area contributed by atoms with Crippen LogP contribution >= 0.6 is 0 Å². The number of rotatable bonds is 4. The van der Waals surface area contributed by atoms with Gasteiger partial charge in [0, 0.05) is 31.5 Å². The number of amides is 1. The minimum atomic E-state index is -0.527. The molecule has 0 bridgehead atoms. The summed E-state index contributed by atoms with van der Waals surface area (Å²) in [7, 11) is 0. The van der Waals surface area contributed by atoms with Gasteiger partial charge in [0.05, 0.1) is 6.10 Å². The number of piperidine rings is 1. The fourth-order valence-corrected chi connectivity index (χ4v) is 5.47. The molecule has 5 nitrogen and oxygen atoms in total. The quantitative estimate of drug-likeness (QED) is 0.719. The molecule has 1 saturated heterocycles. The van der Waals surface area contributed by atoms with E-state index >= 15 is 0 Å². The highest BCUT2D eigenvalue weighted by Crippen LogP contribution is 2.38. The second-order valence-corrected chi connectivity index (χ2v) is 8.71. The number of aliphatic hydroxyl groups is 2. The molecule has 0 spiro atoms. The van der Waals surface area contributed by atoms with Gasteiger partial charge in [-0.05, 0) is 69.2 Å². The Labute approximate surface area is 152 Å². The molecular weight excluding hydrogens is 316 g/mol. The van der Waals surface area contributed by atoms with Crippen molar-refractivity contribution in [3.8, 4) is 0 Å². The zero-order valence-electron chi connectivity index (χ0n) is 15.5. The zero-order valence-corrected chi connectivity index (χ0v) is 15.5. The van der Waals surface area contributed by atoms with Crippen molar-refractivity contribution in [2.45, 2.75) is 63.9 Å². The molecule has 4 N–H and O–H groups in total. The van der Waals surface area contributed by atoms with Crippen molar-refractivity contribution < 1.29 is 15.0 Å². The summed E-state index contributed by atoms with van der Waals surface area (Å²) in [5.74, 6) is 2.41. The Morgan fingerprint density at radius 1 is 1.00 bits per heavy atom. The SMILES string of the molecule is NCC1CCCC(C2CCN(C(=O)C3CCC(CO)C(O)C3)CC2)C1. The van der Waals surface area contributed by atoms with Crippen molar-refractivity contribution in [1.82, 2.24) is 4.90 Å². The average molecular weight is 353 g/mol. The lowest BCUT2D eigenvalue weighted by atomic mass is 9.72. The molecule has 0 radical (unpaired) electrons.